The number of hydrogen-bond acceptors (Lipinski definition) is 6. The molecule has 1 N–H and O–H groups in total. The highest BCUT2D eigenvalue weighted by Crippen LogP contribution is 2.38. The molecule has 1 aliphatic carbocycles. The average Bonchev–Trinajstić information content (AvgIpc) is 3.59. The quantitative estimate of drug-likeness (QED) is 0.538. The Hall–Kier alpha value is -2.57. The topological polar surface area (TPSA) is 96.4 Å². The zero-order valence-corrected chi connectivity index (χ0v) is 23.1. The first-order chi connectivity index (χ1) is 17.5. The van der Waals surface area contributed by atoms with Gasteiger partial charge in [-0.15, -0.1) is 11.3 Å². The number of rotatable bonds is 5. The minimum absolute atomic E-state index is 0.0491. The second-order valence-corrected chi connectivity index (χ2v) is 12.6. The van der Waals surface area contributed by atoms with Crippen LogP contribution in [0.25, 0.3) is 0 Å². The van der Waals surface area contributed by atoms with E-state index in [2.05, 4.69) is 18.8 Å². The smallest absolute Gasteiger partial charge is 0.410 e. The second kappa shape index (κ2) is 11.4. The van der Waals surface area contributed by atoms with Crippen LogP contribution >= 0.6 is 11.3 Å². The third-order valence-electron chi connectivity index (χ3n) is 7.27. The van der Waals surface area contributed by atoms with Gasteiger partial charge in [0.05, 0.1) is 29.8 Å². The Kier molecular flexibility index (Phi) is 8.49. The number of anilines is 1. The predicted molar refractivity (Wildman–Crippen MR) is 142 cm³/mol. The van der Waals surface area contributed by atoms with Crippen LogP contribution in [0, 0.1) is 29.1 Å². The maximum absolute atomic E-state index is 14.0. The van der Waals surface area contributed by atoms with E-state index in [-0.39, 0.29) is 34.3 Å². The van der Waals surface area contributed by atoms with Gasteiger partial charge in [0, 0.05) is 30.8 Å². The number of carboxylic acids is 1. The van der Waals surface area contributed by atoms with Gasteiger partial charge in [-0.3, -0.25) is 4.79 Å². The maximum atomic E-state index is 14.0. The Morgan fingerprint density at radius 3 is 2.51 bits per heavy atom. The van der Waals surface area contributed by atoms with Crippen molar-refractivity contribution in [1.29, 1.82) is 0 Å². The van der Waals surface area contributed by atoms with Crippen molar-refractivity contribution >= 4 is 35.0 Å². The minimum Gasteiger partial charge on any atom is -0.477 e. The normalized spacial score (nSPS) is 25.9. The van der Waals surface area contributed by atoms with Crippen LogP contribution < -0.4 is 4.90 Å². The zero-order valence-electron chi connectivity index (χ0n) is 22.2. The number of carboxylic acid groups (broad SMARTS) is 1. The van der Waals surface area contributed by atoms with Crippen molar-refractivity contribution in [3.8, 4) is 11.8 Å². The van der Waals surface area contributed by atoms with Crippen LogP contribution in [0.2, 0.25) is 0 Å². The van der Waals surface area contributed by atoms with E-state index in [1.165, 1.54) is 0 Å². The van der Waals surface area contributed by atoms with Crippen LogP contribution in [0.15, 0.2) is 6.07 Å². The summed E-state index contributed by atoms with van der Waals surface area (Å²) in [5, 5.41) is 10.1. The van der Waals surface area contributed by atoms with Gasteiger partial charge in [0.15, 0.2) is 0 Å². The van der Waals surface area contributed by atoms with Crippen LogP contribution in [-0.4, -0.2) is 66.4 Å². The molecule has 1 unspecified atom stereocenters. The number of likely N-dealkylation sites (tertiary alicyclic amines) is 1. The van der Waals surface area contributed by atoms with Crippen molar-refractivity contribution in [2.24, 2.45) is 17.3 Å². The molecule has 0 spiro atoms. The monoisotopic (exact) mass is 530 g/mol. The molecule has 2 saturated heterocycles. The maximum Gasteiger partial charge on any atom is 0.410 e. The van der Waals surface area contributed by atoms with Gasteiger partial charge in [-0.25, -0.2) is 9.59 Å². The van der Waals surface area contributed by atoms with Gasteiger partial charge in [-0.2, -0.15) is 0 Å². The van der Waals surface area contributed by atoms with E-state index in [9.17, 15) is 19.5 Å². The first-order valence-electron chi connectivity index (χ1n) is 13.3. The van der Waals surface area contributed by atoms with E-state index in [0.717, 1.165) is 37.0 Å². The summed E-state index contributed by atoms with van der Waals surface area (Å²) in [6, 6.07) is 1.42. The molecular weight excluding hydrogens is 492 g/mol. The van der Waals surface area contributed by atoms with Crippen molar-refractivity contribution in [2.45, 2.75) is 78.4 Å². The highest BCUT2D eigenvalue weighted by atomic mass is 32.1. The Balaban J connectivity index is 1.62. The fourth-order valence-electron chi connectivity index (χ4n) is 5.16. The molecule has 37 heavy (non-hydrogen) atoms. The SMILES string of the molecule is CC1CCC(C(=O)N(c2cc(C#CC(C)(C)C)sc2C(=O)O)[C@@H]2CCN(C(=O)OC3CCOC3)C2)CC1. The Bertz CT molecular complexity index is 1070. The number of carbonyl (C=O) groups excluding carboxylic acids is 2. The van der Waals surface area contributed by atoms with Gasteiger partial charge < -0.3 is 24.4 Å². The van der Waals surface area contributed by atoms with Crippen molar-refractivity contribution in [2.75, 3.05) is 31.2 Å². The molecule has 3 heterocycles. The lowest BCUT2D eigenvalue weighted by molar-refractivity contribution is -0.124. The molecule has 4 rings (SSSR count). The lowest BCUT2D eigenvalue weighted by Gasteiger charge is -2.34. The van der Waals surface area contributed by atoms with Crippen LogP contribution in [0.5, 0.6) is 0 Å². The molecule has 2 aliphatic heterocycles. The average molecular weight is 531 g/mol. The fraction of sp³-hybridized carbons (Fsp3) is 0.679. The Morgan fingerprint density at radius 2 is 1.89 bits per heavy atom. The summed E-state index contributed by atoms with van der Waals surface area (Å²) in [4.78, 5) is 43.1. The first kappa shape index (κ1) is 27.5. The highest BCUT2D eigenvalue weighted by molar-refractivity contribution is 7.15. The van der Waals surface area contributed by atoms with Crippen molar-refractivity contribution in [3.05, 3.63) is 15.8 Å². The van der Waals surface area contributed by atoms with Gasteiger partial charge in [-0.05, 0) is 64.9 Å². The molecule has 1 aromatic heterocycles. The lowest BCUT2D eigenvalue weighted by Crippen LogP contribution is -2.47. The molecule has 0 aromatic carbocycles. The van der Waals surface area contributed by atoms with E-state index in [1.807, 2.05) is 20.8 Å². The third kappa shape index (κ3) is 6.85. The van der Waals surface area contributed by atoms with E-state index in [0.29, 0.717) is 55.6 Å². The minimum atomic E-state index is -1.07. The van der Waals surface area contributed by atoms with E-state index in [1.54, 1.807) is 15.9 Å². The Morgan fingerprint density at radius 1 is 1.16 bits per heavy atom. The van der Waals surface area contributed by atoms with Crippen LogP contribution in [0.3, 0.4) is 0 Å². The molecule has 0 bridgehead atoms. The summed E-state index contributed by atoms with van der Waals surface area (Å²) >= 11 is 1.10. The molecule has 2 amide bonds. The predicted octanol–water partition coefficient (Wildman–Crippen LogP) is 5.00. The summed E-state index contributed by atoms with van der Waals surface area (Å²) in [5.74, 6) is 5.58. The summed E-state index contributed by atoms with van der Waals surface area (Å²) < 4.78 is 10.9. The number of hydrogen-bond donors (Lipinski definition) is 1. The van der Waals surface area contributed by atoms with Crippen molar-refractivity contribution in [3.63, 3.8) is 0 Å². The number of thiophene rings is 1. The lowest BCUT2D eigenvalue weighted by atomic mass is 9.82. The van der Waals surface area contributed by atoms with Crippen LogP contribution in [0.1, 0.15) is 80.8 Å². The van der Waals surface area contributed by atoms with Crippen LogP contribution in [-0.2, 0) is 14.3 Å². The summed E-state index contributed by atoms with van der Waals surface area (Å²) in [6.07, 6.45) is 4.14. The number of nitrogens with zero attached hydrogens (tertiary/aromatic N) is 2. The van der Waals surface area contributed by atoms with Gasteiger partial charge >= 0.3 is 12.1 Å². The number of amides is 2. The Labute approximate surface area is 223 Å². The number of ether oxygens (including phenoxy) is 2. The molecule has 8 nitrogen and oxygen atoms in total. The summed E-state index contributed by atoms with van der Waals surface area (Å²) in [5.41, 5.74) is 0.155. The molecule has 9 heteroatoms. The first-order valence-corrected chi connectivity index (χ1v) is 14.1. The molecule has 1 aromatic rings. The summed E-state index contributed by atoms with van der Waals surface area (Å²) in [6.45, 7) is 9.94. The van der Waals surface area contributed by atoms with Crippen molar-refractivity contribution in [1.82, 2.24) is 4.90 Å². The van der Waals surface area contributed by atoms with E-state index >= 15 is 0 Å². The second-order valence-electron chi connectivity index (χ2n) is 11.6. The third-order valence-corrected chi connectivity index (χ3v) is 8.30. The molecule has 202 valence electrons. The molecule has 2 atom stereocenters. The van der Waals surface area contributed by atoms with E-state index < -0.39 is 12.1 Å². The molecule has 3 fully saturated rings. The van der Waals surface area contributed by atoms with Gasteiger partial charge in [0.25, 0.3) is 0 Å². The molecule has 0 radical (unpaired) electrons. The van der Waals surface area contributed by atoms with Gasteiger partial charge in [0.2, 0.25) is 5.91 Å². The van der Waals surface area contributed by atoms with E-state index in [4.69, 9.17) is 9.47 Å². The summed E-state index contributed by atoms with van der Waals surface area (Å²) in [7, 11) is 0. The highest BCUT2D eigenvalue weighted by Gasteiger charge is 2.40. The standard InChI is InChI=1S/C28H38N2O6S/c1-18-5-7-19(8-6-18)25(31)30(20-10-13-29(16-20)27(34)36-21-11-14-35-17-21)23-15-22(9-12-28(2,3)4)37-24(23)26(32)33/h15,18-21H,5-8,10-11,13-14,16-17H2,1-4H3,(H,32,33)/t18?,19?,20-,21?/m1/s1. The molecule has 3 aliphatic rings. The number of aromatic carboxylic acids is 1. The molecular formula is C28H38N2O6S. The zero-order chi connectivity index (χ0) is 26.7. The number of carbonyl (C=O) groups is 3. The van der Waals surface area contributed by atoms with Crippen molar-refractivity contribution < 1.29 is 29.0 Å². The molecule has 1 saturated carbocycles. The largest absolute Gasteiger partial charge is 0.477 e. The van der Waals surface area contributed by atoms with Gasteiger partial charge in [-0.1, -0.05) is 18.8 Å². The van der Waals surface area contributed by atoms with Crippen LogP contribution in [0.4, 0.5) is 10.5 Å². The fourth-order valence-corrected chi connectivity index (χ4v) is 6.01. The van der Waals surface area contributed by atoms with Gasteiger partial charge in [0.1, 0.15) is 11.0 Å².